The molecule has 1 spiro atoms. The first-order valence-corrected chi connectivity index (χ1v) is 14.0. The number of rotatable bonds is 8. The Balaban J connectivity index is 1.58. The van der Waals surface area contributed by atoms with Gasteiger partial charge in [0.15, 0.2) is 0 Å². The van der Waals surface area contributed by atoms with Crippen LogP contribution in [0, 0.1) is 25.7 Å². The van der Waals surface area contributed by atoms with Crippen molar-refractivity contribution in [3.8, 4) is 0 Å². The second-order valence-electron chi connectivity index (χ2n) is 10.5. The van der Waals surface area contributed by atoms with E-state index in [0.717, 1.165) is 29.5 Å². The lowest BCUT2D eigenvalue weighted by Gasteiger charge is -2.37. The Bertz CT molecular complexity index is 1200. The fraction of sp³-hybridized carbons (Fsp3) is 0.483. The maximum Gasteiger partial charge on any atom is 0.248 e. The van der Waals surface area contributed by atoms with Gasteiger partial charge < -0.3 is 20.6 Å². The van der Waals surface area contributed by atoms with Crippen molar-refractivity contribution in [3.05, 3.63) is 65.2 Å². The number of likely N-dealkylation sites (tertiary alicyclic amines) is 1. The van der Waals surface area contributed by atoms with Crippen LogP contribution in [0.15, 0.2) is 48.5 Å². The zero-order valence-corrected chi connectivity index (χ0v) is 22.4. The molecule has 2 aromatic rings. The number of thioether (sulfide) groups is 1. The minimum absolute atomic E-state index is 0.00765. The number of benzene rings is 2. The maximum absolute atomic E-state index is 14.3. The third-order valence-corrected chi connectivity index (χ3v) is 10.1. The van der Waals surface area contributed by atoms with Crippen molar-refractivity contribution >= 4 is 35.2 Å². The molecule has 3 N–H and O–H groups in total. The summed E-state index contributed by atoms with van der Waals surface area (Å²) in [5, 5.41) is 16.7. The van der Waals surface area contributed by atoms with Crippen molar-refractivity contribution < 1.29 is 19.5 Å². The third kappa shape index (κ3) is 4.24. The molecule has 196 valence electrons. The van der Waals surface area contributed by atoms with Crippen molar-refractivity contribution in [1.29, 1.82) is 0 Å². The van der Waals surface area contributed by atoms with Crippen molar-refractivity contribution in [2.24, 2.45) is 11.8 Å². The summed E-state index contributed by atoms with van der Waals surface area (Å²) in [4.78, 5) is 43.3. The van der Waals surface area contributed by atoms with Gasteiger partial charge in [-0.1, -0.05) is 49.4 Å². The van der Waals surface area contributed by atoms with E-state index in [2.05, 4.69) is 10.6 Å². The van der Waals surface area contributed by atoms with E-state index in [1.807, 2.05) is 69.3 Å². The molecular weight excluding hydrogens is 486 g/mol. The second-order valence-corrected chi connectivity index (χ2v) is 12.1. The Labute approximate surface area is 222 Å². The summed E-state index contributed by atoms with van der Waals surface area (Å²) in [5.74, 6) is -1.65. The highest BCUT2D eigenvalue weighted by Gasteiger charge is 2.74. The number of carbonyl (C=O) groups is 3. The molecule has 3 amide bonds. The van der Waals surface area contributed by atoms with Crippen LogP contribution in [0.4, 0.5) is 5.69 Å². The molecule has 6 atom stereocenters. The van der Waals surface area contributed by atoms with Crippen LogP contribution < -0.4 is 10.6 Å². The van der Waals surface area contributed by atoms with E-state index in [1.54, 1.807) is 16.7 Å². The van der Waals surface area contributed by atoms with Crippen molar-refractivity contribution in [2.75, 3.05) is 18.5 Å². The number of aliphatic hydroxyl groups is 1. The van der Waals surface area contributed by atoms with Crippen molar-refractivity contribution in [1.82, 2.24) is 10.2 Å². The van der Waals surface area contributed by atoms with Gasteiger partial charge in [-0.15, -0.1) is 11.8 Å². The number of hydrogen-bond acceptors (Lipinski definition) is 5. The Kier molecular flexibility index (Phi) is 7.07. The van der Waals surface area contributed by atoms with E-state index in [9.17, 15) is 19.5 Å². The number of anilines is 1. The summed E-state index contributed by atoms with van der Waals surface area (Å²) >= 11 is 1.64. The average molecular weight is 522 g/mol. The average Bonchev–Trinajstić information content (AvgIpc) is 3.53. The lowest BCUT2D eigenvalue weighted by atomic mass is 9.70. The van der Waals surface area contributed by atoms with Gasteiger partial charge in [-0.2, -0.15) is 0 Å². The minimum atomic E-state index is -0.804. The predicted molar refractivity (Wildman–Crippen MR) is 145 cm³/mol. The molecule has 2 bridgehead atoms. The number of nitrogens with one attached hydrogen (secondary N) is 2. The predicted octanol–water partition coefficient (Wildman–Crippen LogP) is 3.59. The second kappa shape index (κ2) is 10.1. The van der Waals surface area contributed by atoms with Crippen LogP contribution in [0.25, 0.3) is 0 Å². The highest BCUT2D eigenvalue weighted by atomic mass is 32.2. The highest BCUT2D eigenvalue weighted by molar-refractivity contribution is 8.02. The van der Waals surface area contributed by atoms with Gasteiger partial charge >= 0.3 is 0 Å². The first-order chi connectivity index (χ1) is 17.8. The largest absolute Gasteiger partial charge is 0.394 e. The van der Waals surface area contributed by atoms with Gasteiger partial charge in [0.25, 0.3) is 0 Å². The quantitative estimate of drug-likeness (QED) is 0.493. The monoisotopic (exact) mass is 521 g/mol. The van der Waals surface area contributed by atoms with E-state index in [4.69, 9.17) is 0 Å². The van der Waals surface area contributed by atoms with Crippen LogP contribution >= 0.6 is 11.8 Å². The Morgan fingerprint density at radius 1 is 1.16 bits per heavy atom. The van der Waals surface area contributed by atoms with Gasteiger partial charge in [-0.3, -0.25) is 14.4 Å². The topological polar surface area (TPSA) is 98.7 Å². The molecule has 3 aliphatic heterocycles. The van der Waals surface area contributed by atoms with Gasteiger partial charge in [-0.25, -0.2) is 0 Å². The van der Waals surface area contributed by atoms with Gasteiger partial charge in [0.05, 0.1) is 29.2 Å². The number of hydrogen-bond donors (Lipinski definition) is 3. The summed E-state index contributed by atoms with van der Waals surface area (Å²) in [6, 6.07) is 13.8. The minimum Gasteiger partial charge on any atom is -0.394 e. The van der Waals surface area contributed by atoms with Gasteiger partial charge in [-0.05, 0) is 55.9 Å². The molecule has 0 saturated carbocycles. The Morgan fingerprint density at radius 3 is 2.62 bits per heavy atom. The van der Waals surface area contributed by atoms with E-state index < -0.39 is 28.7 Å². The normalized spacial score (nSPS) is 28.8. The van der Waals surface area contributed by atoms with Crippen molar-refractivity contribution in [3.63, 3.8) is 0 Å². The maximum atomic E-state index is 14.3. The molecule has 37 heavy (non-hydrogen) atoms. The molecule has 8 heteroatoms. The zero-order valence-electron chi connectivity index (χ0n) is 21.6. The van der Waals surface area contributed by atoms with E-state index >= 15 is 0 Å². The van der Waals surface area contributed by atoms with E-state index in [-0.39, 0.29) is 29.6 Å². The molecule has 2 aromatic carbocycles. The lowest BCUT2D eigenvalue weighted by molar-refractivity contribution is -0.142. The zero-order chi connectivity index (χ0) is 26.3. The van der Waals surface area contributed by atoms with Gasteiger partial charge in [0, 0.05) is 17.5 Å². The summed E-state index contributed by atoms with van der Waals surface area (Å²) in [6.45, 7) is 6.16. The van der Waals surface area contributed by atoms with Crippen LogP contribution in [0.2, 0.25) is 0 Å². The molecule has 0 aliphatic carbocycles. The Morgan fingerprint density at radius 2 is 1.92 bits per heavy atom. The summed E-state index contributed by atoms with van der Waals surface area (Å²) < 4.78 is -0.708. The molecule has 5 rings (SSSR count). The van der Waals surface area contributed by atoms with Gasteiger partial charge in [0.1, 0.15) is 6.04 Å². The third-order valence-electron chi connectivity index (χ3n) is 8.18. The Hall–Kier alpha value is -2.84. The van der Waals surface area contributed by atoms with Crippen LogP contribution in [0.3, 0.4) is 0 Å². The summed E-state index contributed by atoms with van der Waals surface area (Å²) in [6.07, 6.45) is 2.28. The van der Waals surface area contributed by atoms with E-state index in [1.165, 1.54) is 0 Å². The molecule has 3 aliphatic rings. The summed E-state index contributed by atoms with van der Waals surface area (Å²) in [7, 11) is 0. The lowest BCUT2D eigenvalue weighted by Crippen LogP contribution is -2.52. The van der Waals surface area contributed by atoms with Gasteiger partial charge in [0.2, 0.25) is 17.7 Å². The number of nitrogens with zero attached hydrogens (tertiary/aromatic N) is 1. The number of carbonyl (C=O) groups excluding carboxylic acids is 3. The van der Waals surface area contributed by atoms with E-state index in [0.29, 0.717) is 18.7 Å². The van der Waals surface area contributed by atoms with Crippen LogP contribution in [-0.4, -0.2) is 56.9 Å². The standard InChI is InChI=1S/C29H35N3O4S/c1-4-14-30-26(34)23-22-12-13-29(37-22)24(23)28(36)32(21(16-33)19-8-6-5-7-9-19)25(29)27(35)31-20-15-17(2)10-11-18(20)3/h5-11,15,21-25,33H,4,12-14,16H2,1-3H3,(H,30,34)(H,31,35)/t21-,22+,23-,24+,25?,29?/m1/s1. The first kappa shape index (κ1) is 25.8. The number of aliphatic hydroxyl groups excluding tert-OH is 1. The SMILES string of the molecule is CCCNC(=O)[C@@H]1[C@@H]2CCC3(S2)C(C(=O)Nc2cc(C)ccc2C)N([C@H](CO)c2ccccc2)C(=O)[C@H]13. The fourth-order valence-corrected chi connectivity index (χ4v) is 8.70. The number of fused-ring (bicyclic) bond motifs is 1. The molecule has 2 unspecified atom stereocenters. The molecule has 7 nitrogen and oxygen atoms in total. The molecule has 3 heterocycles. The molecule has 3 saturated heterocycles. The van der Waals surface area contributed by atoms with Crippen LogP contribution in [0.5, 0.6) is 0 Å². The smallest absolute Gasteiger partial charge is 0.248 e. The molecule has 3 fully saturated rings. The van der Waals surface area contributed by atoms with Crippen LogP contribution in [-0.2, 0) is 14.4 Å². The fourth-order valence-electron chi connectivity index (χ4n) is 6.49. The first-order valence-electron chi connectivity index (χ1n) is 13.1. The molecular formula is C29H35N3O4S. The van der Waals surface area contributed by atoms with Crippen molar-refractivity contribution in [2.45, 2.75) is 62.1 Å². The number of amides is 3. The molecule has 0 radical (unpaired) electrons. The summed E-state index contributed by atoms with van der Waals surface area (Å²) in [5.41, 5.74) is 3.45. The number of aryl methyl sites for hydroxylation is 2. The molecule has 0 aromatic heterocycles. The highest BCUT2D eigenvalue weighted by Crippen LogP contribution is 2.67. The van der Waals surface area contributed by atoms with Crippen LogP contribution in [0.1, 0.15) is 48.9 Å².